The summed E-state index contributed by atoms with van der Waals surface area (Å²) in [5, 5.41) is 9.88. The second kappa shape index (κ2) is 39.3. The van der Waals surface area contributed by atoms with Crippen molar-refractivity contribution in [3.63, 3.8) is 0 Å². The van der Waals surface area contributed by atoms with Crippen LogP contribution in [0.4, 0.5) is 0 Å². The third-order valence-electron chi connectivity index (χ3n) is 24.1. The normalized spacial score (nSPS) is 36.3. The first kappa shape index (κ1) is 103. The lowest BCUT2D eigenvalue weighted by Crippen LogP contribution is -2.61. The van der Waals surface area contributed by atoms with Gasteiger partial charge < -0.3 is 75.5 Å². The fourth-order valence-corrected chi connectivity index (χ4v) is 27.7. The van der Waals surface area contributed by atoms with Gasteiger partial charge in [0.05, 0.1) is 79.3 Å². The van der Waals surface area contributed by atoms with E-state index >= 15 is 0 Å². The smallest absolute Gasteiger partial charge is 0.414 e. The Labute approximate surface area is 765 Å². The summed E-state index contributed by atoms with van der Waals surface area (Å²) < 4.78 is 222. The second-order valence-corrected chi connectivity index (χ2v) is 61.9. The average Bonchev–Trinajstić information content (AvgIpc) is 1.67. The molecule has 0 aliphatic carbocycles. The Morgan fingerprint density at radius 2 is 0.567 bits per heavy atom. The van der Waals surface area contributed by atoms with Crippen LogP contribution in [0.1, 0.15) is 152 Å². The molecule has 12 aliphatic heterocycles. The number of thioether (sulfide) groups is 3. The van der Waals surface area contributed by atoms with Crippen LogP contribution >= 0.6 is 66.6 Å². The highest BCUT2D eigenvalue weighted by molar-refractivity contribution is 8.00. The highest BCUT2D eigenvalue weighted by Crippen LogP contribution is 2.64. The molecule has 12 fully saturated rings. The molecule has 0 aromatic heterocycles. The Bertz CT molecular complexity index is 4300. The quantitative estimate of drug-likeness (QED) is 0.0643. The van der Waals surface area contributed by atoms with E-state index in [4.69, 9.17) is 125 Å². The van der Waals surface area contributed by atoms with Crippen molar-refractivity contribution in [3.8, 4) is 0 Å². The van der Waals surface area contributed by atoms with E-state index in [9.17, 15) is 23.4 Å². The minimum atomic E-state index is -4.12. The minimum Gasteiger partial charge on any atom is -0.414 e. The molecule has 12 saturated heterocycles. The zero-order valence-corrected chi connectivity index (χ0v) is 86.3. The fourth-order valence-electron chi connectivity index (χ4n) is 15.1. The maximum absolute atomic E-state index is 14.1. The lowest BCUT2D eigenvalue weighted by molar-refractivity contribution is -0.291. The zero-order valence-electron chi connectivity index (χ0n) is 78.3. The number of benzene rings is 3. The Balaban J connectivity index is 0.000000176. The first-order chi connectivity index (χ1) is 58.8. The number of rotatable bonds is 24. The Hall–Kier alpha value is -1.06. The maximum atomic E-state index is 14.1. The third kappa shape index (κ3) is 26.3. The van der Waals surface area contributed by atoms with Gasteiger partial charge in [0.1, 0.15) is 114 Å². The highest BCUT2D eigenvalue weighted by Gasteiger charge is 2.65. The van der Waals surface area contributed by atoms with Gasteiger partial charge in [0.15, 0.2) is 46.1 Å². The summed E-state index contributed by atoms with van der Waals surface area (Å²) in [6.07, 6.45) is -12.5. The minimum absolute atomic E-state index is 0.0556. The fraction of sp³-hybridized carbons (Fsp3) is 0.791. The van der Waals surface area contributed by atoms with Crippen LogP contribution in [-0.4, -0.2) is 244 Å². The molecule has 0 amide bonds. The summed E-state index contributed by atoms with van der Waals surface area (Å²) >= 11 is 4.27. The monoisotopic (exact) mass is 1960 g/mol. The molecule has 3 aromatic rings. The van der Waals surface area contributed by atoms with Gasteiger partial charge in [-0.15, -0.1) is 0 Å². The van der Waals surface area contributed by atoms with Crippen molar-refractivity contribution in [3.05, 3.63) is 91.0 Å². The first-order valence-electron chi connectivity index (χ1n) is 43.8. The van der Waals surface area contributed by atoms with Crippen molar-refractivity contribution in [2.45, 2.75) is 347 Å². The predicted molar refractivity (Wildman–Crippen MR) is 479 cm³/mol. The molecule has 20 atom stereocenters. The van der Waals surface area contributed by atoms with E-state index in [-0.39, 0.29) is 104 Å². The van der Waals surface area contributed by atoms with E-state index in [0.29, 0.717) is 6.61 Å². The summed E-state index contributed by atoms with van der Waals surface area (Å²) in [4.78, 5) is 2.80. The number of aliphatic hydroxyl groups excluding tert-OH is 1. The van der Waals surface area contributed by atoms with Crippen LogP contribution in [0.25, 0.3) is 0 Å². The molecular formula is C86H138O32P4S3Si2. The zero-order chi connectivity index (χ0) is 92.6. The summed E-state index contributed by atoms with van der Waals surface area (Å²) in [6, 6.07) is 29.2. The number of ether oxygens (including phenoxy) is 13. The van der Waals surface area contributed by atoms with Gasteiger partial charge in [-0.3, -0.25) is 54.3 Å². The van der Waals surface area contributed by atoms with Crippen molar-refractivity contribution in [1.82, 2.24) is 0 Å². The number of aliphatic hydroxyl groups is 1. The van der Waals surface area contributed by atoms with Gasteiger partial charge >= 0.3 is 31.3 Å². The van der Waals surface area contributed by atoms with Crippen molar-refractivity contribution < 1.29 is 148 Å². The van der Waals surface area contributed by atoms with E-state index in [0.717, 1.165) is 14.7 Å². The summed E-state index contributed by atoms with van der Waals surface area (Å²) in [5.41, 5.74) is -3.18. The Kier molecular flexibility index (Phi) is 32.0. The number of phosphoric acid groups is 4. The van der Waals surface area contributed by atoms with Gasteiger partial charge in [-0.2, -0.15) is 0 Å². The molecule has 32 nitrogen and oxygen atoms in total. The van der Waals surface area contributed by atoms with Crippen LogP contribution in [0.5, 0.6) is 0 Å². The van der Waals surface area contributed by atoms with Gasteiger partial charge in [0.25, 0.3) is 0 Å². The first-order valence-corrected chi connectivity index (χ1v) is 58.0. The highest BCUT2D eigenvalue weighted by atomic mass is 32.2. The number of hydrogen-bond acceptors (Lipinski definition) is 35. The van der Waals surface area contributed by atoms with Crippen LogP contribution in [0, 0.1) is 21.7 Å². The Morgan fingerprint density at radius 3 is 0.835 bits per heavy atom. The summed E-state index contributed by atoms with van der Waals surface area (Å²) in [5.74, 6) is -3.89. The molecule has 15 rings (SSSR count). The topological polar surface area (TPSA) is 338 Å². The second-order valence-electron chi connectivity index (χ2n) is 42.3. The lowest BCUT2D eigenvalue weighted by atomic mass is 9.97. The van der Waals surface area contributed by atoms with Crippen molar-refractivity contribution in [2.75, 3.05) is 79.3 Å². The SMILES string of the molecule is CC1(C)COP(=O)(OC2C(OCC3OC(Sc4ccccc4)C(OP4(=O)OCC(C)(C)CO4)C4OC(C)(C)OC34)OC(CO[Si](C)(C)C(C)(C)C)C3OC(C)(C)OC32)OC1.CC1(C)COP(=O)(OC2C(Sc3ccccc3)OC(CO)C3OC(C)(C)OC32)OC1.CC1(C)COP(=O)(OC2C(Sc3ccccc3)OC(CO[Si](C)(C)C(C)(C)C)C3OC(C)(C)OC32)OC1. The largest absolute Gasteiger partial charge is 0.475 e. The summed E-state index contributed by atoms with van der Waals surface area (Å²) in [7, 11) is -20.1. The number of fused-ring (bicyclic) bond motifs is 4. The van der Waals surface area contributed by atoms with E-state index in [1.54, 1.807) is 41.5 Å². The van der Waals surface area contributed by atoms with Crippen molar-refractivity contribution in [2.24, 2.45) is 21.7 Å². The third-order valence-corrected chi connectivity index (χ3v) is 42.1. The molecule has 720 valence electrons. The molecule has 0 spiro atoms. The van der Waals surface area contributed by atoms with Crippen molar-refractivity contribution >= 4 is 83.2 Å². The summed E-state index contributed by atoms with van der Waals surface area (Å²) in [6.45, 7) is 54.1. The molecule has 12 aliphatic rings. The molecule has 1 N–H and O–H groups in total. The predicted octanol–water partition coefficient (Wildman–Crippen LogP) is 18.6. The lowest BCUT2D eigenvalue weighted by Gasteiger charge is -2.46. The molecule has 0 bridgehead atoms. The van der Waals surface area contributed by atoms with Crippen LogP contribution in [-0.2, 0) is 143 Å². The molecule has 41 heteroatoms. The van der Waals surface area contributed by atoms with Crippen molar-refractivity contribution in [1.29, 1.82) is 0 Å². The molecule has 0 radical (unpaired) electrons. The van der Waals surface area contributed by atoms with E-state index in [2.05, 4.69) is 67.7 Å². The van der Waals surface area contributed by atoms with Crippen LogP contribution in [0.15, 0.2) is 106 Å². The maximum Gasteiger partial charge on any atom is 0.475 e. The van der Waals surface area contributed by atoms with E-state index in [1.807, 2.05) is 160 Å². The van der Waals surface area contributed by atoms with Gasteiger partial charge in [0.2, 0.25) is 0 Å². The molecule has 20 unspecified atom stereocenters. The standard InChI is InChI=1S/C40H66O16P2SSi.C26H43O8PSSi.C20H29O8PS/c1-36(2,3)60(12,13)48-20-27-29-30(53-39(8,9)52-29)32(55-57(41)44-21-37(4,5)22-45-57)34(49-27)43-19-26-28-31(54-40(10,11)51-28)33(35(50-26)59-25-17-15-14-16-18-25)56-58(42)46-23-38(6,7)24-47-58;1-24(2,3)37(8,9)30-15-19-20-21(33-26(6,7)32-20)22(23(31-19)36-18-13-11-10-12-14-18)34-35(27)28-16-25(4,5)17-29-35;1-19(2)11-23-29(22,24-12-19)28-17-16-15(26-20(3,4)27-16)14(10-21)25-18(17)30-13-8-6-5-7-9-13/h14-18,26-35H,19-24H2,1-13H3;10-14,19-23H,15-17H2,1-9H3;5-9,14-18,21H,10-12H2,1-4H3. The van der Waals surface area contributed by atoms with Crippen LogP contribution in [0.2, 0.25) is 36.3 Å². The molecule has 3 aromatic carbocycles. The average molecular weight is 1960 g/mol. The molecule has 127 heavy (non-hydrogen) atoms. The van der Waals surface area contributed by atoms with Gasteiger partial charge in [-0.05, 0) is 128 Å². The number of hydrogen-bond donors (Lipinski definition) is 1. The molecular weight excluding hydrogens is 1820 g/mol. The Morgan fingerprint density at radius 1 is 0.339 bits per heavy atom. The number of phosphoric ester groups is 4. The molecule has 0 saturated carbocycles. The molecule has 12 heterocycles. The van der Waals surface area contributed by atoms with E-state index < -0.39 is 191 Å². The van der Waals surface area contributed by atoms with Crippen LogP contribution in [0.3, 0.4) is 0 Å². The van der Waals surface area contributed by atoms with Gasteiger partial charge in [0, 0.05) is 36.3 Å². The van der Waals surface area contributed by atoms with E-state index in [1.165, 1.54) is 35.3 Å². The van der Waals surface area contributed by atoms with Gasteiger partial charge in [-0.1, -0.05) is 187 Å². The van der Waals surface area contributed by atoms with Gasteiger partial charge in [-0.25, -0.2) is 18.3 Å². The van der Waals surface area contributed by atoms with Crippen LogP contribution < -0.4 is 0 Å².